The average molecular weight is 215 g/mol. The maximum absolute atomic E-state index is 10.8. The topological polar surface area (TPSA) is 42.2 Å². The number of hydrogen-bond acceptors (Lipinski definition) is 1. The summed E-state index contributed by atoms with van der Waals surface area (Å²) in [4.78, 5) is 10.8. The number of para-hydroxylation sites is 1. The third-order valence-corrected chi connectivity index (χ3v) is 2.69. The lowest BCUT2D eigenvalue weighted by Crippen LogP contribution is -1.97. The van der Waals surface area contributed by atoms with Crippen molar-refractivity contribution in [1.82, 2.24) is 4.57 Å². The number of aromatic nitrogens is 1. The molecule has 2 aromatic rings. The first-order valence-corrected chi connectivity index (χ1v) is 5.05. The standard InChI is InChI=1S/C13H13NO2/c1-9(13(15)16)7-11-8-10-5-3-4-6-12(10)14(11)2/h3-8H,1-2H3,(H,15,16)/b9-7+. The van der Waals surface area contributed by atoms with Gasteiger partial charge >= 0.3 is 5.97 Å². The van der Waals surface area contributed by atoms with Crippen molar-refractivity contribution in [3.63, 3.8) is 0 Å². The molecule has 0 radical (unpaired) electrons. The molecule has 0 aliphatic rings. The molecule has 1 aromatic carbocycles. The summed E-state index contributed by atoms with van der Waals surface area (Å²) in [5.74, 6) is -0.884. The molecule has 2 rings (SSSR count). The first kappa shape index (κ1) is 10.5. The summed E-state index contributed by atoms with van der Waals surface area (Å²) in [5, 5.41) is 9.95. The largest absolute Gasteiger partial charge is 0.478 e. The summed E-state index contributed by atoms with van der Waals surface area (Å²) in [6, 6.07) is 9.97. The van der Waals surface area contributed by atoms with Crippen molar-refractivity contribution in [3.05, 3.63) is 41.6 Å². The lowest BCUT2D eigenvalue weighted by molar-refractivity contribution is -0.132. The van der Waals surface area contributed by atoms with Crippen LogP contribution in [-0.4, -0.2) is 15.6 Å². The Labute approximate surface area is 93.6 Å². The van der Waals surface area contributed by atoms with E-state index in [4.69, 9.17) is 5.11 Å². The van der Waals surface area contributed by atoms with Crippen LogP contribution in [0.4, 0.5) is 0 Å². The van der Waals surface area contributed by atoms with Crippen molar-refractivity contribution in [2.24, 2.45) is 7.05 Å². The number of carboxylic acid groups (broad SMARTS) is 1. The second-order valence-corrected chi connectivity index (χ2v) is 3.82. The zero-order chi connectivity index (χ0) is 11.7. The summed E-state index contributed by atoms with van der Waals surface area (Å²) in [5.41, 5.74) is 2.35. The van der Waals surface area contributed by atoms with Gasteiger partial charge in [0.1, 0.15) is 0 Å². The van der Waals surface area contributed by atoms with Crippen molar-refractivity contribution in [2.75, 3.05) is 0 Å². The number of aliphatic carboxylic acids is 1. The quantitative estimate of drug-likeness (QED) is 0.782. The number of fused-ring (bicyclic) bond motifs is 1. The molecule has 0 saturated heterocycles. The number of aryl methyl sites for hydroxylation is 1. The van der Waals surface area contributed by atoms with Crippen molar-refractivity contribution in [3.8, 4) is 0 Å². The molecular weight excluding hydrogens is 202 g/mol. The molecular formula is C13H13NO2. The van der Waals surface area contributed by atoms with Gasteiger partial charge in [0.15, 0.2) is 0 Å². The van der Waals surface area contributed by atoms with Gasteiger partial charge in [-0.3, -0.25) is 0 Å². The molecule has 1 N–H and O–H groups in total. The highest BCUT2D eigenvalue weighted by atomic mass is 16.4. The highest BCUT2D eigenvalue weighted by Crippen LogP contribution is 2.20. The summed E-state index contributed by atoms with van der Waals surface area (Å²) in [6.45, 7) is 1.60. The van der Waals surface area contributed by atoms with E-state index in [1.54, 1.807) is 13.0 Å². The minimum atomic E-state index is -0.884. The van der Waals surface area contributed by atoms with Gasteiger partial charge in [0, 0.05) is 29.2 Å². The molecule has 16 heavy (non-hydrogen) atoms. The molecule has 0 atom stereocenters. The molecule has 0 spiro atoms. The predicted octanol–water partition coefficient (Wildman–Crippen LogP) is 2.67. The zero-order valence-electron chi connectivity index (χ0n) is 9.27. The summed E-state index contributed by atoms with van der Waals surface area (Å²) < 4.78 is 1.99. The summed E-state index contributed by atoms with van der Waals surface area (Å²) >= 11 is 0. The number of carboxylic acids is 1. The molecule has 0 unspecified atom stereocenters. The van der Waals surface area contributed by atoms with Gasteiger partial charge in [0.05, 0.1) is 0 Å². The van der Waals surface area contributed by atoms with Crippen LogP contribution in [-0.2, 0) is 11.8 Å². The Balaban J connectivity index is 2.58. The number of hydrogen-bond donors (Lipinski definition) is 1. The van der Waals surface area contributed by atoms with Crippen LogP contribution in [0.2, 0.25) is 0 Å². The van der Waals surface area contributed by atoms with Crippen LogP contribution in [0.25, 0.3) is 17.0 Å². The number of rotatable bonds is 2. The Bertz CT molecular complexity index is 579. The molecule has 0 fully saturated rings. The smallest absolute Gasteiger partial charge is 0.331 e. The van der Waals surface area contributed by atoms with Crippen molar-refractivity contribution < 1.29 is 9.90 Å². The molecule has 0 saturated carbocycles. The van der Waals surface area contributed by atoms with E-state index in [1.165, 1.54) is 0 Å². The third kappa shape index (κ3) is 1.72. The van der Waals surface area contributed by atoms with E-state index in [9.17, 15) is 4.79 Å². The van der Waals surface area contributed by atoms with Gasteiger partial charge in [-0.15, -0.1) is 0 Å². The Morgan fingerprint density at radius 3 is 2.69 bits per heavy atom. The van der Waals surface area contributed by atoms with Gasteiger partial charge in [0.2, 0.25) is 0 Å². The fraction of sp³-hybridized carbons (Fsp3) is 0.154. The second kappa shape index (κ2) is 3.85. The fourth-order valence-corrected chi connectivity index (χ4v) is 1.73. The molecule has 0 aliphatic heterocycles. The molecule has 1 aromatic heterocycles. The monoisotopic (exact) mass is 215 g/mol. The van der Waals surface area contributed by atoms with E-state index in [2.05, 4.69) is 0 Å². The van der Waals surface area contributed by atoms with Crippen LogP contribution < -0.4 is 0 Å². The normalized spacial score (nSPS) is 12.0. The van der Waals surface area contributed by atoms with Crippen LogP contribution in [0.3, 0.4) is 0 Å². The second-order valence-electron chi connectivity index (χ2n) is 3.82. The molecule has 1 heterocycles. The number of nitrogens with zero attached hydrogens (tertiary/aromatic N) is 1. The third-order valence-electron chi connectivity index (χ3n) is 2.69. The van der Waals surface area contributed by atoms with Crippen LogP contribution in [0.15, 0.2) is 35.9 Å². The number of benzene rings is 1. The molecule has 82 valence electrons. The van der Waals surface area contributed by atoms with E-state index in [-0.39, 0.29) is 0 Å². The average Bonchev–Trinajstić information content (AvgIpc) is 2.56. The van der Waals surface area contributed by atoms with E-state index < -0.39 is 5.97 Å². The maximum atomic E-state index is 10.8. The highest BCUT2D eigenvalue weighted by Gasteiger charge is 2.05. The first-order valence-electron chi connectivity index (χ1n) is 5.05. The predicted molar refractivity (Wildman–Crippen MR) is 64.2 cm³/mol. The fourth-order valence-electron chi connectivity index (χ4n) is 1.73. The van der Waals surface area contributed by atoms with Crippen molar-refractivity contribution >= 4 is 22.9 Å². The van der Waals surface area contributed by atoms with Gasteiger partial charge in [-0.1, -0.05) is 18.2 Å². The zero-order valence-corrected chi connectivity index (χ0v) is 9.27. The lowest BCUT2D eigenvalue weighted by Gasteiger charge is -1.99. The minimum Gasteiger partial charge on any atom is -0.478 e. The molecule has 0 amide bonds. The molecule has 0 bridgehead atoms. The summed E-state index contributed by atoms with van der Waals surface area (Å²) in [6.07, 6.45) is 1.68. The van der Waals surface area contributed by atoms with Crippen LogP contribution >= 0.6 is 0 Å². The van der Waals surface area contributed by atoms with Gasteiger partial charge in [-0.25, -0.2) is 4.79 Å². The molecule has 0 aliphatic carbocycles. The van der Waals surface area contributed by atoms with Gasteiger partial charge in [-0.05, 0) is 25.1 Å². The minimum absolute atomic E-state index is 0.339. The number of carbonyl (C=O) groups is 1. The van der Waals surface area contributed by atoms with Gasteiger partial charge in [-0.2, -0.15) is 0 Å². The Morgan fingerprint density at radius 1 is 1.38 bits per heavy atom. The SMILES string of the molecule is C/C(=C\c1cc2ccccc2n1C)C(=O)O. The van der Waals surface area contributed by atoms with Gasteiger partial charge < -0.3 is 9.67 Å². The van der Waals surface area contributed by atoms with E-state index in [1.807, 2.05) is 41.9 Å². The highest BCUT2D eigenvalue weighted by molar-refractivity contribution is 5.93. The Hall–Kier alpha value is -2.03. The first-order chi connectivity index (χ1) is 7.59. The van der Waals surface area contributed by atoms with E-state index in [0.29, 0.717) is 5.57 Å². The Kier molecular flexibility index (Phi) is 2.52. The van der Waals surface area contributed by atoms with Crippen LogP contribution in [0.5, 0.6) is 0 Å². The summed E-state index contributed by atoms with van der Waals surface area (Å²) in [7, 11) is 1.93. The van der Waals surface area contributed by atoms with Gasteiger partial charge in [0.25, 0.3) is 0 Å². The van der Waals surface area contributed by atoms with Crippen molar-refractivity contribution in [2.45, 2.75) is 6.92 Å². The molecule has 3 heteroatoms. The van der Waals surface area contributed by atoms with Crippen LogP contribution in [0, 0.1) is 0 Å². The van der Waals surface area contributed by atoms with E-state index in [0.717, 1.165) is 16.6 Å². The molecule has 3 nitrogen and oxygen atoms in total. The van der Waals surface area contributed by atoms with Crippen LogP contribution in [0.1, 0.15) is 12.6 Å². The van der Waals surface area contributed by atoms with Crippen molar-refractivity contribution in [1.29, 1.82) is 0 Å². The maximum Gasteiger partial charge on any atom is 0.331 e. The Morgan fingerprint density at radius 2 is 2.06 bits per heavy atom. The lowest BCUT2D eigenvalue weighted by atomic mass is 10.2. The van der Waals surface area contributed by atoms with E-state index >= 15 is 0 Å².